The maximum atomic E-state index is 6.66. The molecule has 3 heterocycles. The van der Waals surface area contributed by atoms with Gasteiger partial charge < -0.3 is 14.2 Å². The Morgan fingerprint density at radius 1 is 0.411 bits per heavy atom. The normalized spacial score (nSPS) is 14.6. The van der Waals surface area contributed by atoms with Gasteiger partial charge in [-0.15, -0.1) is 0 Å². The second-order valence-corrected chi connectivity index (χ2v) is 14.6. The van der Waals surface area contributed by atoms with Gasteiger partial charge in [0.15, 0.2) is 5.84 Å². The predicted molar refractivity (Wildman–Crippen MR) is 231 cm³/mol. The summed E-state index contributed by atoms with van der Waals surface area (Å²) in [7, 11) is 0. The summed E-state index contributed by atoms with van der Waals surface area (Å²) in [4.78, 5) is 10.4. The Labute approximate surface area is 320 Å². The highest BCUT2D eigenvalue weighted by atomic mass is 16.3. The lowest BCUT2D eigenvalue weighted by atomic mass is 9.96. The first-order valence-electron chi connectivity index (χ1n) is 18.9. The molecule has 1 unspecified atom stereocenters. The first-order valence-corrected chi connectivity index (χ1v) is 18.9. The zero-order valence-electron chi connectivity index (χ0n) is 30.0. The number of benzene rings is 9. The lowest BCUT2D eigenvalue weighted by molar-refractivity contribution is 0.662. The van der Waals surface area contributed by atoms with E-state index in [-0.39, 0.29) is 0 Å². The molecule has 0 saturated carbocycles. The third-order valence-corrected chi connectivity index (χ3v) is 11.3. The molecule has 5 nitrogen and oxygen atoms in total. The number of nitrogens with one attached hydrogen (secondary N) is 1. The fraction of sp³-hybridized carbons (Fsp3) is 0.0196. The molecule has 1 aliphatic rings. The van der Waals surface area contributed by atoms with Gasteiger partial charge in [-0.2, -0.15) is 0 Å². The van der Waals surface area contributed by atoms with Crippen LogP contribution in [0.25, 0.3) is 87.3 Å². The Bertz CT molecular complexity index is 3460. The Morgan fingerprint density at radius 3 is 1.96 bits per heavy atom. The van der Waals surface area contributed by atoms with Crippen molar-refractivity contribution in [3.05, 3.63) is 193 Å². The van der Waals surface area contributed by atoms with Crippen molar-refractivity contribution in [2.24, 2.45) is 9.98 Å². The molecule has 0 fully saturated rings. The van der Waals surface area contributed by atoms with E-state index in [1.807, 2.05) is 30.3 Å². The van der Waals surface area contributed by atoms with Gasteiger partial charge in [0.2, 0.25) is 0 Å². The summed E-state index contributed by atoms with van der Waals surface area (Å²) in [5.41, 5.74) is 8.55. The molecule has 1 aliphatic heterocycles. The summed E-state index contributed by atoms with van der Waals surface area (Å²) in [5, 5.41) is 15.2. The van der Waals surface area contributed by atoms with Gasteiger partial charge in [-0.25, -0.2) is 9.98 Å². The van der Waals surface area contributed by atoms with Gasteiger partial charge in [-0.1, -0.05) is 133 Å². The molecule has 1 atom stereocenters. The fourth-order valence-corrected chi connectivity index (χ4v) is 8.63. The van der Waals surface area contributed by atoms with Crippen LogP contribution in [0.3, 0.4) is 0 Å². The number of fused-ring (bicyclic) bond motifs is 10. The molecule has 262 valence electrons. The van der Waals surface area contributed by atoms with E-state index in [0.29, 0.717) is 5.84 Å². The fourth-order valence-electron chi connectivity index (χ4n) is 8.63. The zero-order chi connectivity index (χ0) is 36.7. The van der Waals surface area contributed by atoms with Crippen LogP contribution in [0.15, 0.2) is 195 Å². The van der Waals surface area contributed by atoms with Crippen LogP contribution in [0.1, 0.15) is 22.9 Å². The number of furan rings is 2. The number of amidine groups is 2. The molecule has 0 amide bonds. The average Bonchev–Trinajstić information content (AvgIpc) is 3.83. The SMILES string of the molecule is c1ccc(C2=NC(c3cccc4oc5cc(-c6cccc7oc8cc9ccccc9cc8c67)ccc5c34)NC(c3ccc4c(ccc5ccccc54)c3)=N2)cc1. The molecule has 5 heteroatoms. The summed E-state index contributed by atoms with van der Waals surface area (Å²) in [5.74, 6) is 1.46. The smallest absolute Gasteiger partial charge is 0.159 e. The van der Waals surface area contributed by atoms with Crippen LogP contribution >= 0.6 is 0 Å². The molecule has 11 aromatic rings. The first-order chi connectivity index (χ1) is 27.7. The summed E-state index contributed by atoms with van der Waals surface area (Å²) in [6, 6.07) is 61.6. The zero-order valence-corrected chi connectivity index (χ0v) is 30.0. The number of hydrogen-bond acceptors (Lipinski definition) is 5. The van der Waals surface area contributed by atoms with Crippen molar-refractivity contribution < 1.29 is 8.83 Å². The minimum Gasteiger partial charge on any atom is -0.456 e. The van der Waals surface area contributed by atoms with Crippen molar-refractivity contribution in [2.45, 2.75) is 6.17 Å². The highest BCUT2D eigenvalue weighted by molar-refractivity contribution is 6.18. The third kappa shape index (κ3) is 4.81. The van der Waals surface area contributed by atoms with Crippen LogP contribution < -0.4 is 5.32 Å². The number of aliphatic imine (C=N–C) groups is 2. The van der Waals surface area contributed by atoms with E-state index in [1.165, 1.54) is 21.5 Å². The molecule has 0 bridgehead atoms. The molecular weight excluding hydrogens is 687 g/mol. The largest absolute Gasteiger partial charge is 0.456 e. The second kappa shape index (κ2) is 12.0. The van der Waals surface area contributed by atoms with Gasteiger partial charge in [-0.05, 0) is 85.9 Å². The Balaban J connectivity index is 0.985. The molecule has 0 aliphatic carbocycles. The second-order valence-electron chi connectivity index (χ2n) is 14.6. The summed E-state index contributed by atoms with van der Waals surface area (Å²) >= 11 is 0. The predicted octanol–water partition coefficient (Wildman–Crippen LogP) is 13.1. The molecule has 1 N–H and O–H groups in total. The Hall–Kier alpha value is -7.50. The molecule has 2 aromatic heterocycles. The number of nitrogens with zero attached hydrogens (tertiary/aromatic N) is 2. The van der Waals surface area contributed by atoms with Gasteiger partial charge in [0.25, 0.3) is 0 Å². The van der Waals surface area contributed by atoms with E-state index in [1.54, 1.807) is 0 Å². The van der Waals surface area contributed by atoms with Gasteiger partial charge >= 0.3 is 0 Å². The van der Waals surface area contributed by atoms with Crippen LogP contribution in [-0.4, -0.2) is 11.7 Å². The van der Waals surface area contributed by atoms with Crippen molar-refractivity contribution in [3.63, 3.8) is 0 Å². The maximum Gasteiger partial charge on any atom is 0.159 e. The van der Waals surface area contributed by atoms with Gasteiger partial charge in [0, 0.05) is 38.2 Å². The van der Waals surface area contributed by atoms with Crippen LogP contribution in [-0.2, 0) is 0 Å². The van der Waals surface area contributed by atoms with E-state index in [0.717, 1.165) is 88.3 Å². The minimum absolute atomic E-state index is 0.407. The van der Waals surface area contributed by atoms with Crippen LogP contribution in [0, 0.1) is 0 Å². The van der Waals surface area contributed by atoms with Gasteiger partial charge in [-0.3, -0.25) is 0 Å². The number of hydrogen-bond donors (Lipinski definition) is 1. The van der Waals surface area contributed by atoms with E-state index >= 15 is 0 Å². The first kappa shape index (κ1) is 30.9. The molecule has 56 heavy (non-hydrogen) atoms. The van der Waals surface area contributed by atoms with Crippen molar-refractivity contribution in [1.29, 1.82) is 0 Å². The Kier molecular flexibility index (Phi) is 6.63. The lowest BCUT2D eigenvalue weighted by Crippen LogP contribution is -2.33. The highest BCUT2D eigenvalue weighted by Gasteiger charge is 2.25. The number of rotatable bonds is 4. The monoisotopic (exact) mass is 717 g/mol. The third-order valence-electron chi connectivity index (χ3n) is 11.3. The van der Waals surface area contributed by atoms with Crippen LogP contribution in [0.4, 0.5) is 0 Å². The summed E-state index contributed by atoms with van der Waals surface area (Å²) in [6.07, 6.45) is -0.407. The van der Waals surface area contributed by atoms with Crippen molar-refractivity contribution >= 4 is 87.9 Å². The van der Waals surface area contributed by atoms with E-state index in [9.17, 15) is 0 Å². The van der Waals surface area contributed by atoms with Crippen LogP contribution in [0.2, 0.25) is 0 Å². The van der Waals surface area contributed by atoms with Crippen molar-refractivity contribution in [3.8, 4) is 11.1 Å². The Morgan fingerprint density at radius 2 is 1.09 bits per heavy atom. The van der Waals surface area contributed by atoms with Crippen molar-refractivity contribution in [2.75, 3.05) is 0 Å². The molecule has 0 saturated heterocycles. The molecular formula is C51H31N3O2. The van der Waals surface area contributed by atoms with Crippen LogP contribution in [0.5, 0.6) is 0 Å². The van der Waals surface area contributed by atoms with Gasteiger partial charge in [0.05, 0.1) is 0 Å². The van der Waals surface area contributed by atoms with E-state index in [2.05, 4.69) is 151 Å². The summed E-state index contributed by atoms with van der Waals surface area (Å²) < 4.78 is 13.1. The molecule has 12 rings (SSSR count). The topological polar surface area (TPSA) is 63.0 Å². The molecule has 9 aromatic carbocycles. The van der Waals surface area contributed by atoms with Crippen molar-refractivity contribution in [1.82, 2.24) is 5.32 Å². The molecule has 0 radical (unpaired) electrons. The average molecular weight is 718 g/mol. The van der Waals surface area contributed by atoms with E-state index < -0.39 is 6.17 Å². The minimum atomic E-state index is -0.407. The standard InChI is InChI=1S/C51H31N3O2/c1-2-11-31(12-3-1)49-52-50(36-23-24-38-34(26-36)21-20-30-10-6-7-15-37(30)38)54-51(53-49)41-17-9-19-44-48(41)40-25-22-35(29-45(40)55-44)39-16-8-18-43-47(39)42-27-32-13-4-5-14-33(32)28-46(42)56-43/h1-29,51H,(H,52,53,54). The van der Waals surface area contributed by atoms with Gasteiger partial charge in [0.1, 0.15) is 34.3 Å². The highest BCUT2D eigenvalue weighted by Crippen LogP contribution is 2.42. The van der Waals surface area contributed by atoms with E-state index in [4.69, 9.17) is 18.8 Å². The quantitative estimate of drug-likeness (QED) is 0.184. The lowest BCUT2D eigenvalue weighted by Gasteiger charge is -2.24. The maximum absolute atomic E-state index is 6.66. The molecule has 0 spiro atoms. The summed E-state index contributed by atoms with van der Waals surface area (Å²) in [6.45, 7) is 0.